The lowest BCUT2D eigenvalue weighted by atomic mass is 10.2. The molecular formula is C14H18N2O4. The van der Waals surface area contributed by atoms with E-state index in [1.165, 1.54) is 19.0 Å². The van der Waals surface area contributed by atoms with Crippen molar-refractivity contribution in [1.29, 1.82) is 0 Å². The van der Waals surface area contributed by atoms with Gasteiger partial charge in [0, 0.05) is 27.1 Å². The molecule has 6 nitrogen and oxygen atoms in total. The molecule has 0 fully saturated rings. The van der Waals surface area contributed by atoms with Crippen molar-refractivity contribution in [3.8, 4) is 0 Å². The Hall–Kier alpha value is -2.37. The van der Waals surface area contributed by atoms with E-state index in [-0.39, 0.29) is 19.6 Å². The third-order valence-electron chi connectivity index (χ3n) is 2.48. The molecule has 1 N–H and O–H groups in total. The minimum atomic E-state index is -0.612. The number of alkyl carbamates (subject to hydrolysis) is 1. The second kappa shape index (κ2) is 7.93. The van der Waals surface area contributed by atoms with Crippen LogP contribution in [0.4, 0.5) is 4.79 Å². The molecule has 0 heterocycles. The molecule has 0 aliphatic carbocycles. The van der Waals surface area contributed by atoms with Crippen LogP contribution in [0.5, 0.6) is 0 Å². The molecule has 0 saturated heterocycles. The van der Waals surface area contributed by atoms with E-state index in [1.54, 1.807) is 0 Å². The fraction of sp³-hybridized carbons (Fsp3) is 0.357. The van der Waals surface area contributed by atoms with Gasteiger partial charge in [-0.3, -0.25) is 9.59 Å². The number of carbonyl (C=O) groups is 3. The third kappa shape index (κ3) is 5.51. The average molecular weight is 278 g/mol. The van der Waals surface area contributed by atoms with Crippen molar-refractivity contribution in [3.05, 3.63) is 35.9 Å². The highest BCUT2D eigenvalue weighted by Gasteiger charge is 2.15. The number of nitrogens with zero attached hydrogens (tertiary/aromatic N) is 1. The smallest absolute Gasteiger partial charge is 0.407 e. The second-order valence-electron chi connectivity index (χ2n) is 4.36. The van der Waals surface area contributed by atoms with E-state index in [0.29, 0.717) is 0 Å². The number of amides is 2. The molecule has 0 aromatic heterocycles. The van der Waals surface area contributed by atoms with Crippen molar-refractivity contribution in [1.82, 2.24) is 10.2 Å². The summed E-state index contributed by atoms with van der Waals surface area (Å²) >= 11 is 0. The minimum absolute atomic E-state index is 0.0442. The standard InChI is InChI=1S/C14H18N2O4/c1-16(2)13(18)12(17)8-9-15-14(19)20-10-11-6-4-3-5-7-11/h3-7H,8-10H2,1-2H3,(H,15,19). The molecule has 6 heteroatoms. The highest BCUT2D eigenvalue weighted by molar-refractivity contribution is 6.35. The third-order valence-corrected chi connectivity index (χ3v) is 2.48. The van der Waals surface area contributed by atoms with Gasteiger partial charge in [-0.15, -0.1) is 0 Å². The summed E-state index contributed by atoms with van der Waals surface area (Å²) in [6.45, 7) is 0.239. The Morgan fingerprint density at radius 3 is 2.40 bits per heavy atom. The lowest BCUT2D eigenvalue weighted by molar-refractivity contribution is -0.142. The molecule has 0 radical (unpaired) electrons. The first-order valence-corrected chi connectivity index (χ1v) is 6.19. The fourth-order valence-electron chi connectivity index (χ4n) is 1.41. The predicted molar refractivity (Wildman–Crippen MR) is 72.9 cm³/mol. The van der Waals surface area contributed by atoms with E-state index in [4.69, 9.17) is 4.74 Å². The predicted octanol–water partition coefficient (Wildman–Crippen LogP) is 0.960. The SMILES string of the molecule is CN(C)C(=O)C(=O)CCNC(=O)OCc1ccccc1. The van der Waals surface area contributed by atoms with Crippen molar-refractivity contribution in [2.75, 3.05) is 20.6 Å². The zero-order valence-electron chi connectivity index (χ0n) is 11.6. The minimum Gasteiger partial charge on any atom is -0.445 e. The number of ketones is 1. The number of rotatable bonds is 6. The monoisotopic (exact) mass is 278 g/mol. The quantitative estimate of drug-likeness (QED) is 0.786. The Morgan fingerprint density at radius 2 is 1.80 bits per heavy atom. The van der Waals surface area contributed by atoms with Gasteiger partial charge in [0.25, 0.3) is 5.91 Å². The van der Waals surface area contributed by atoms with E-state index in [1.807, 2.05) is 30.3 Å². The maximum atomic E-state index is 11.4. The molecule has 0 unspecified atom stereocenters. The van der Waals surface area contributed by atoms with Crippen LogP contribution in [0.15, 0.2) is 30.3 Å². The summed E-state index contributed by atoms with van der Waals surface area (Å²) in [6.07, 6.45) is -0.656. The van der Waals surface area contributed by atoms with Crippen LogP contribution in [0, 0.1) is 0 Å². The van der Waals surface area contributed by atoms with Crippen LogP contribution < -0.4 is 5.32 Å². The number of hydrogen-bond donors (Lipinski definition) is 1. The first kappa shape index (κ1) is 15.7. The number of hydrogen-bond acceptors (Lipinski definition) is 4. The normalized spacial score (nSPS) is 9.70. The molecule has 1 aromatic carbocycles. The summed E-state index contributed by atoms with van der Waals surface area (Å²) in [4.78, 5) is 35.2. The van der Waals surface area contributed by atoms with E-state index in [0.717, 1.165) is 5.56 Å². The number of carbonyl (C=O) groups excluding carboxylic acids is 3. The van der Waals surface area contributed by atoms with Gasteiger partial charge in [-0.1, -0.05) is 30.3 Å². The van der Waals surface area contributed by atoms with Crippen molar-refractivity contribution in [2.24, 2.45) is 0 Å². The second-order valence-corrected chi connectivity index (χ2v) is 4.36. The summed E-state index contributed by atoms with van der Waals surface area (Å²) in [6, 6.07) is 9.25. The van der Waals surface area contributed by atoms with Gasteiger partial charge in [-0.25, -0.2) is 4.79 Å². The van der Waals surface area contributed by atoms with Gasteiger partial charge in [-0.05, 0) is 5.56 Å². The van der Waals surface area contributed by atoms with Crippen LogP contribution in [0.1, 0.15) is 12.0 Å². The topological polar surface area (TPSA) is 75.7 Å². The largest absolute Gasteiger partial charge is 0.445 e. The molecule has 0 bridgehead atoms. The average Bonchev–Trinajstić information content (AvgIpc) is 2.45. The van der Waals surface area contributed by atoms with Crippen LogP contribution in [-0.4, -0.2) is 43.3 Å². The highest BCUT2D eigenvalue weighted by atomic mass is 16.5. The zero-order valence-corrected chi connectivity index (χ0v) is 11.6. The maximum absolute atomic E-state index is 11.4. The molecule has 0 aliphatic rings. The van der Waals surface area contributed by atoms with E-state index < -0.39 is 17.8 Å². The van der Waals surface area contributed by atoms with Crippen molar-refractivity contribution in [3.63, 3.8) is 0 Å². The van der Waals surface area contributed by atoms with Gasteiger partial charge in [0.2, 0.25) is 5.78 Å². The summed E-state index contributed by atoms with van der Waals surface area (Å²) in [7, 11) is 3.00. The Balaban J connectivity index is 2.21. The summed E-state index contributed by atoms with van der Waals surface area (Å²) in [5.74, 6) is -1.12. The summed E-state index contributed by atoms with van der Waals surface area (Å²) in [5, 5.41) is 2.42. The van der Waals surface area contributed by atoms with E-state index in [2.05, 4.69) is 5.32 Å². The Bertz CT molecular complexity index is 471. The Morgan fingerprint density at radius 1 is 1.15 bits per heavy atom. The van der Waals surface area contributed by atoms with Crippen LogP contribution in [-0.2, 0) is 20.9 Å². The highest BCUT2D eigenvalue weighted by Crippen LogP contribution is 2.00. The number of nitrogens with one attached hydrogen (secondary N) is 1. The van der Waals surface area contributed by atoms with Gasteiger partial charge in [-0.2, -0.15) is 0 Å². The van der Waals surface area contributed by atoms with Gasteiger partial charge in [0.1, 0.15) is 6.61 Å². The molecule has 20 heavy (non-hydrogen) atoms. The molecule has 0 atom stereocenters. The van der Waals surface area contributed by atoms with Crippen LogP contribution in [0.25, 0.3) is 0 Å². The first-order chi connectivity index (χ1) is 9.50. The molecule has 0 aliphatic heterocycles. The van der Waals surface area contributed by atoms with Crippen LogP contribution in [0.3, 0.4) is 0 Å². The van der Waals surface area contributed by atoms with Crippen molar-refractivity contribution < 1.29 is 19.1 Å². The van der Waals surface area contributed by atoms with E-state index in [9.17, 15) is 14.4 Å². The molecule has 0 spiro atoms. The lowest BCUT2D eigenvalue weighted by Crippen LogP contribution is -2.33. The molecule has 1 rings (SSSR count). The maximum Gasteiger partial charge on any atom is 0.407 e. The van der Waals surface area contributed by atoms with Gasteiger partial charge in [0.15, 0.2) is 0 Å². The van der Waals surface area contributed by atoms with Crippen molar-refractivity contribution in [2.45, 2.75) is 13.0 Å². The Labute approximate surface area is 117 Å². The number of Topliss-reactive ketones (excluding diaryl/α,β-unsaturated/α-hetero) is 1. The molecular weight excluding hydrogens is 260 g/mol. The summed E-state index contributed by atoms with van der Waals surface area (Å²) < 4.78 is 4.96. The molecule has 1 aromatic rings. The van der Waals surface area contributed by atoms with E-state index >= 15 is 0 Å². The first-order valence-electron chi connectivity index (χ1n) is 6.19. The molecule has 108 valence electrons. The zero-order chi connectivity index (χ0) is 15.0. The Kier molecular flexibility index (Phi) is 6.22. The van der Waals surface area contributed by atoms with Crippen LogP contribution in [0.2, 0.25) is 0 Å². The van der Waals surface area contributed by atoms with Crippen molar-refractivity contribution >= 4 is 17.8 Å². The van der Waals surface area contributed by atoms with Gasteiger partial charge < -0.3 is 15.0 Å². The number of ether oxygens (including phenoxy) is 1. The van der Waals surface area contributed by atoms with Gasteiger partial charge >= 0.3 is 6.09 Å². The molecule has 2 amide bonds. The van der Waals surface area contributed by atoms with Crippen LogP contribution >= 0.6 is 0 Å². The number of likely N-dealkylation sites (N-methyl/N-ethyl adjacent to an activating group) is 1. The lowest BCUT2D eigenvalue weighted by Gasteiger charge is -2.09. The fourth-order valence-corrected chi connectivity index (χ4v) is 1.41. The number of benzene rings is 1. The summed E-state index contributed by atoms with van der Waals surface area (Å²) in [5.41, 5.74) is 0.876. The van der Waals surface area contributed by atoms with Gasteiger partial charge in [0.05, 0.1) is 0 Å². The molecule has 0 saturated carbocycles.